The first-order valence-electron chi connectivity index (χ1n) is 8.32. The Kier molecular flexibility index (Phi) is 3.22. The zero-order chi connectivity index (χ0) is 17.5. The van der Waals surface area contributed by atoms with Crippen LogP contribution in [0, 0.1) is 11.8 Å². The number of ether oxygens (including phenoxy) is 2. The number of hydrogen-bond donors (Lipinski definition) is 1. The summed E-state index contributed by atoms with van der Waals surface area (Å²) in [6, 6.07) is 14.2. The highest BCUT2D eigenvalue weighted by molar-refractivity contribution is 5.72. The molecule has 2 aliphatic rings. The largest absolute Gasteiger partial charge is 0.454 e. The molecule has 5 heteroatoms. The second-order valence-electron chi connectivity index (χ2n) is 6.02. The fourth-order valence-corrected chi connectivity index (χ4v) is 3.21. The molecule has 0 spiro atoms. The van der Waals surface area contributed by atoms with E-state index >= 15 is 0 Å². The SMILES string of the molecule is CC#Cc1cn2c(n1)C=c1cc3c(cc1=C(c1ccccc1)N2)OCO3. The monoisotopic (exact) mass is 341 g/mol. The molecule has 2 aromatic carbocycles. The Hall–Kier alpha value is -3.65. The lowest BCUT2D eigenvalue weighted by atomic mass is 10.1. The van der Waals surface area contributed by atoms with E-state index in [0.717, 1.165) is 44.7 Å². The van der Waals surface area contributed by atoms with E-state index in [9.17, 15) is 0 Å². The van der Waals surface area contributed by atoms with Crippen molar-refractivity contribution in [1.29, 1.82) is 0 Å². The van der Waals surface area contributed by atoms with Gasteiger partial charge < -0.3 is 9.47 Å². The fraction of sp³-hybridized carbons (Fsp3) is 0.0952. The molecule has 26 heavy (non-hydrogen) atoms. The number of fused-ring (bicyclic) bond motifs is 3. The normalized spacial score (nSPS) is 13.5. The van der Waals surface area contributed by atoms with Crippen LogP contribution in [0.4, 0.5) is 0 Å². The Morgan fingerprint density at radius 3 is 2.73 bits per heavy atom. The van der Waals surface area contributed by atoms with Gasteiger partial charge in [-0.25, -0.2) is 9.66 Å². The van der Waals surface area contributed by atoms with Crippen LogP contribution in [0.5, 0.6) is 11.5 Å². The van der Waals surface area contributed by atoms with Gasteiger partial charge in [-0.15, -0.1) is 0 Å². The highest BCUT2D eigenvalue weighted by Crippen LogP contribution is 2.28. The molecular weight excluding hydrogens is 326 g/mol. The molecule has 0 saturated carbocycles. The number of imidazole rings is 1. The summed E-state index contributed by atoms with van der Waals surface area (Å²) in [5.74, 6) is 8.19. The van der Waals surface area contributed by atoms with E-state index in [0.29, 0.717) is 0 Å². The number of nitrogens with one attached hydrogen (secondary N) is 1. The summed E-state index contributed by atoms with van der Waals surface area (Å²) in [7, 11) is 0. The molecule has 5 rings (SSSR count). The molecular formula is C21H15N3O2. The van der Waals surface area contributed by atoms with Crippen molar-refractivity contribution < 1.29 is 9.47 Å². The van der Waals surface area contributed by atoms with Crippen LogP contribution < -0.4 is 25.3 Å². The van der Waals surface area contributed by atoms with Crippen LogP contribution in [-0.4, -0.2) is 16.5 Å². The van der Waals surface area contributed by atoms with E-state index in [4.69, 9.17) is 9.47 Å². The van der Waals surface area contributed by atoms with Gasteiger partial charge in [-0.3, -0.25) is 5.43 Å². The van der Waals surface area contributed by atoms with Gasteiger partial charge in [0.2, 0.25) is 6.79 Å². The molecule has 126 valence electrons. The Morgan fingerprint density at radius 1 is 1.12 bits per heavy atom. The maximum atomic E-state index is 5.58. The molecule has 3 heterocycles. The summed E-state index contributed by atoms with van der Waals surface area (Å²) in [5.41, 5.74) is 6.25. The lowest BCUT2D eigenvalue weighted by Gasteiger charge is -2.12. The topological polar surface area (TPSA) is 48.3 Å². The van der Waals surface area contributed by atoms with Crippen molar-refractivity contribution in [1.82, 2.24) is 9.66 Å². The van der Waals surface area contributed by atoms with Gasteiger partial charge in [0.1, 0.15) is 5.69 Å². The van der Waals surface area contributed by atoms with Crippen LogP contribution in [0.25, 0.3) is 11.8 Å². The van der Waals surface area contributed by atoms with Gasteiger partial charge in [0.05, 0.1) is 11.9 Å². The third kappa shape index (κ3) is 2.32. The number of rotatable bonds is 1. The van der Waals surface area contributed by atoms with E-state index in [2.05, 4.69) is 34.4 Å². The zero-order valence-corrected chi connectivity index (χ0v) is 14.1. The predicted molar refractivity (Wildman–Crippen MR) is 98.5 cm³/mol. The van der Waals surface area contributed by atoms with Crippen LogP contribution in [0.1, 0.15) is 24.0 Å². The first kappa shape index (κ1) is 14.7. The van der Waals surface area contributed by atoms with Crippen molar-refractivity contribution in [3.63, 3.8) is 0 Å². The lowest BCUT2D eigenvalue weighted by Crippen LogP contribution is -2.29. The van der Waals surface area contributed by atoms with Gasteiger partial charge in [0, 0.05) is 10.8 Å². The van der Waals surface area contributed by atoms with Gasteiger partial charge in [-0.05, 0) is 36.3 Å². The van der Waals surface area contributed by atoms with Crippen LogP contribution in [-0.2, 0) is 0 Å². The standard InChI is InChI=1S/C21H15N3O2/c1-2-6-16-12-24-20(22-16)10-15-9-18-19(26-13-25-18)11-17(15)21(23-24)14-7-4-3-5-8-14/h3-5,7-12,23H,13H2,1H3. The van der Waals surface area contributed by atoms with Crippen LogP contribution >= 0.6 is 0 Å². The van der Waals surface area contributed by atoms with Crippen LogP contribution in [0.15, 0.2) is 48.7 Å². The molecule has 0 bridgehead atoms. The average molecular weight is 341 g/mol. The number of aromatic nitrogens is 2. The Morgan fingerprint density at radius 2 is 1.92 bits per heavy atom. The molecule has 0 aliphatic carbocycles. The molecule has 0 fully saturated rings. The molecule has 0 amide bonds. The van der Waals surface area contributed by atoms with Crippen LogP contribution in [0.3, 0.4) is 0 Å². The van der Waals surface area contributed by atoms with Crippen molar-refractivity contribution in [3.8, 4) is 23.3 Å². The quantitative estimate of drug-likeness (QED) is 0.682. The first-order chi connectivity index (χ1) is 12.8. The van der Waals surface area contributed by atoms with Crippen LogP contribution in [0.2, 0.25) is 0 Å². The number of nitrogens with zero attached hydrogens (tertiary/aromatic N) is 2. The average Bonchev–Trinajstić information content (AvgIpc) is 3.23. The second kappa shape index (κ2) is 5.71. The Labute approximate surface area is 150 Å². The maximum Gasteiger partial charge on any atom is 0.231 e. The lowest BCUT2D eigenvalue weighted by molar-refractivity contribution is 0.174. The van der Waals surface area contributed by atoms with Crippen molar-refractivity contribution in [2.24, 2.45) is 0 Å². The molecule has 5 nitrogen and oxygen atoms in total. The number of benzene rings is 2. The van der Waals surface area contributed by atoms with Crippen molar-refractivity contribution in [2.75, 3.05) is 12.2 Å². The molecule has 1 aromatic heterocycles. The first-order valence-corrected chi connectivity index (χ1v) is 8.32. The van der Waals surface area contributed by atoms with E-state index in [-0.39, 0.29) is 6.79 Å². The Bertz CT molecular complexity index is 1200. The van der Waals surface area contributed by atoms with E-state index in [1.165, 1.54) is 0 Å². The van der Waals surface area contributed by atoms with Crippen molar-refractivity contribution >= 4 is 11.8 Å². The van der Waals surface area contributed by atoms with Gasteiger partial charge in [0.15, 0.2) is 17.3 Å². The molecule has 0 atom stereocenters. The summed E-state index contributed by atoms with van der Waals surface area (Å²) in [4.78, 5) is 4.61. The van der Waals surface area contributed by atoms with Gasteiger partial charge >= 0.3 is 0 Å². The predicted octanol–water partition coefficient (Wildman–Crippen LogP) is 1.53. The second-order valence-corrected chi connectivity index (χ2v) is 6.02. The van der Waals surface area contributed by atoms with Crippen molar-refractivity contribution in [2.45, 2.75) is 6.92 Å². The minimum absolute atomic E-state index is 0.247. The molecule has 0 radical (unpaired) electrons. The summed E-state index contributed by atoms with van der Waals surface area (Å²) < 4.78 is 13.0. The van der Waals surface area contributed by atoms with Gasteiger partial charge in [-0.2, -0.15) is 0 Å². The minimum atomic E-state index is 0.247. The molecule has 3 aromatic rings. The van der Waals surface area contributed by atoms with Gasteiger partial charge in [-0.1, -0.05) is 36.3 Å². The molecule has 1 N–H and O–H groups in total. The molecule has 2 aliphatic heterocycles. The summed E-state index contributed by atoms with van der Waals surface area (Å²) in [6.07, 6.45) is 3.93. The summed E-state index contributed by atoms with van der Waals surface area (Å²) in [5, 5.41) is 2.05. The third-order valence-corrected chi connectivity index (χ3v) is 4.38. The summed E-state index contributed by atoms with van der Waals surface area (Å²) in [6.45, 7) is 2.05. The van der Waals surface area contributed by atoms with Crippen molar-refractivity contribution in [3.05, 3.63) is 76.2 Å². The summed E-state index contributed by atoms with van der Waals surface area (Å²) >= 11 is 0. The minimum Gasteiger partial charge on any atom is -0.454 e. The Balaban J connectivity index is 1.83. The fourth-order valence-electron chi connectivity index (χ4n) is 3.21. The van der Waals surface area contributed by atoms with E-state index < -0.39 is 0 Å². The van der Waals surface area contributed by atoms with Gasteiger partial charge in [0.25, 0.3) is 0 Å². The molecule has 0 saturated heterocycles. The van der Waals surface area contributed by atoms with E-state index in [1.54, 1.807) is 6.92 Å². The smallest absolute Gasteiger partial charge is 0.231 e. The zero-order valence-electron chi connectivity index (χ0n) is 14.1. The highest BCUT2D eigenvalue weighted by atomic mass is 16.7. The highest BCUT2D eigenvalue weighted by Gasteiger charge is 2.18. The van der Waals surface area contributed by atoms with E-state index in [1.807, 2.05) is 47.3 Å². The third-order valence-electron chi connectivity index (χ3n) is 4.38. The molecule has 0 unspecified atom stereocenters. The maximum absolute atomic E-state index is 5.58. The number of hydrogen-bond acceptors (Lipinski definition) is 4.